The summed E-state index contributed by atoms with van der Waals surface area (Å²) < 4.78 is 67.2. The SMILES string of the molecule is O=C(NCC1CS(=O)(=O)c2ccccc2O1)c1cnc(C(F)(F)F)nc1. The molecule has 1 aromatic heterocycles. The predicted molar refractivity (Wildman–Crippen MR) is 82.3 cm³/mol. The largest absolute Gasteiger partial charge is 0.486 e. The topological polar surface area (TPSA) is 98.2 Å². The van der Waals surface area contributed by atoms with Gasteiger partial charge in [-0.05, 0) is 12.1 Å². The van der Waals surface area contributed by atoms with E-state index in [2.05, 4.69) is 15.3 Å². The zero-order valence-electron chi connectivity index (χ0n) is 13.0. The molecule has 0 aliphatic carbocycles. The van der Waals surface area contributed by atoms with Crippen LogP contribution >= 0.6 is 0 Å². The number of carbonyl (C=O) groups is 1. The van der Waals surface area contributed by atoms with E-state index in [4.69, 9.17) is 4.74 Å². The first-order chi connectivity index (χ1) is 12.2. The lowest BCUT2D eigenvalue weighted by Crippen LogP contribution is -2.42. The lowest BCUT2D eigenvalue weighted by molar-refractivity contribution is -0.145. The number of nitrogens with one attached hydrogen (secondary N) is 1. The number of sulfone groups is 1. The fourth-order valence-electron chi connectivity index (χ4n) is 2.35. The number of carbonyl (C=O) groups excluding carboxylic acids is 1. The first-order valence-corrected chi connectivity index (χ1v) is 8.98. The quantitative estimate of drug-likeness (QED) is 0.856. The summed E-state index contributed by atoms with van der Waals surface area (Å²) in [6.07, 6.45) is -4.03. The van der Waals surface area contributed by atoms with E-state index in [1.165, 1.54) is 12.1 Å². The molecule has 0 spiro atoms. The van der Waals surface area contributed by atoms with E-state index in [1.54, 1.807) is 12.1 Å². The molecule has 0 bridgehead atoms. The van der Waals surface area contributed by atoms with Gasteiger partial charge in [0, 0.05) is 12.4 Å². The number of hydrogen-bond acceptors (Lipinski definition) is 6. The van der Waals surface area contributed by atoms with Crippen LogP contribution in [-0.2, 0) is 16.0 Å². The van der Waals surface area contributed by atoms with E-state index in [0.717, 1.165) is 12.4 Å². The number of aromatic nitrogens is 2. The minimum atomic E-state index is -4.70. The highest BCUT2D eigenvalue weighted by Gasteiger charge is 2.35. The highest BCUT2D eigenvalue weighted by molar-refractivity contribution is 7.91. The maximum atomic E-state index is 12.4. The van der Waals surface area contributed by atoms with E-state index in [0.29, 0.717) is 0 Å². The van der Waals surface area contributed by atoms with Crippen LogP contribution in [0.3, 0.4) is 0 Å². The van der Waals surface area contributed by atoms with Crippen molar-refractivity contribution in [3.63, 3.8) is 0 Å². The zero-order valence-corrected chi connectivity index (χ0v) is 13.8. The second-order valence-corrected chi connectivity index (χ2v) is 7.47. The number of ether oxygens (including phenoxy) is 1. The highest BCUT2D eigenvalue weighted by Crippen LogP contribution is 2.30. The first kappa shape index (κ1) is 18.1. The highest BCUT2D eigenvalue weighted by atomic mass is 32.2. The third kappa shape index (κ3) is 3.77. The van der Waals surface area contributed by atoms with Crippen LogP contribution in [0.2, 0.25) is 0 Å². The van der Waals surface area contributed by atoms with Gasteiger partial charge in [0.15, 0.2) is 9.84 Å². The zero-order chi connectivity index (χ0) is 18.9. The minimum Gasteiger partial charge on any atom is -0.486 e. The van der Waals surface area contributed by atoms with Crippen molar-refractivity contribution in [2.24, 2.45) is 0 Å². The Hall–Kier alpha value is -2.69. The number of benzene rings is 1. The van der Waals surface area contributed by atoms with E-state index in [-0.39, 0.29) is 28.5 Å². The van der Waals surface area contributed by atoms with Gasteiger partial charge in [0.25, 0.3) is 5.91 Å². The van der Waals surface area contributed by atoms with E-state index in [1.807, 2.05) is 0 Å². The van der Waals surface area contributed by atoms with Crippen molar-refractivity contribution in [3.8, 4) is 5.75 Å². The molecule has 1 aromatic carbocycles. The van der Waals surface area contributed by atoms with Gasteiger partial charge in [-0.1, -0.05) is 12.1 Å². The third-order valence-corrected chi connectivity index (χ3v) is 5.36. The summed E-state index contributed by atoms with van der Waals surface area (Å²) in [5, 5.41) is 2.41. The van der Waals surface area contributed by atoms with Gasteiger partial charge >= 0.3 is 6.18 Å². The monoisotopic (exact) mass is 387 g/mol. The molecule has 0 saturated heterocycles. The molecule has 11 heteroatoms. The molecule has 0 radical (unpaired) electrons. The van der Waals surface area contributed by atoms with Gasteiger partial charge in [-0.3, -0.25) is 4.79 Å². The first-order valence-electron chi connectivity index (χ1n) is 7.33. The lowest BCUT2D eigenvalue weighted by Gasteiger charge is -2.26. The molecule has 1 aliphatic heterocycles. The summed E-state index contributed by atoms with van der Waals surface area (Å²) in [7, 11) is -3.55. The van der Waals surface area contributed by atoms with Crippen LogP contribution in [0.15, 0.2) is 41.6 Å². The van der Waals surface area contributed by atoms with Gasteiger partial charge in [0.05, 0.1) is 17.9 Å². The molecule has 2 heterocycles. The van der Waals surface area contributed by atoms with Crippen molar-refractivity contribution in [2.45, 2.75) is 17.2 Å². The average Bonchev–Trinajstić information content (AvgIpc) is 2.58. The Bertz CT molecular complexity index is 930. The molecule has 2 aromatic rings. The summed E-state index contributed by atoms with van der Waals surface area (Å²) in [5.41, 5.74) is -0.183. The second kappa shape index (κ2) is 6.56. The van der Waals surface area contributed by atoms with Gasteiger partial charge in [0.1, 0.15) is 16.7 Å². The Balaban J connectivity index is 1.65. The summed E-state index contributed by atoms with van der Waals surface area (Å²) in [4.78, 5) is 18.2. The Morgan fingerprint density at radius 2 is 1.88 bits per heavy atom. The van der Waals surface area contributed by atoms with E-state index < -0.39 is 33.8 Å². The van der Waals surface area contributed by atoms with Crippen molar-refractivity contribution in [2.75, 3.05) is 12.3 Å². The fraction of sp³-hybridized carbons (Fsp3) is 0.267. The summed E-state index contributed by atoms with van der Waals surface area (Å²) in [5.74, 6) is -2.23. The molecule has 26 heavy (non-hydrogen) atoms. The van der Waals surface area contributed by atoms with Crippen molar-refractivity contribution < 1.29 is 31.1 Å². The smallest absolute Gasteiger partial charge is 0.451 e. The van der Waals surface area contributed by atoms with Crippen LogP contribution in [0, 0.1) is 0 Å². The Labute approximate surface area is 146 Å². The summed E-state index contributed by atoms with van der Waals surface area (Å²) in [6, 6.07) is 6.13. The van der Waals surface area contributed by atoms with Crippen LogP contribution in [0.4, 0.5) is 13.2 Å². The normalized spacial score (nSPS) is 18.5. The van der Waals surface area contributed by atoms with Gasteiger partial charge < -0.3 is 10.1 Å². The molecule has 138 valence electrons. The van der Waals surface area contributed by atoms with Gasteiger partial charge in [-0.15, -0.1) is 0 Å². The van der Waals surface area contributed by atoms with Crippen molar-refractivity contribution in [1.29, 1.82) is 0 Å². The minimum absolute atomic E-state index is 0.0821. The maximum absolute atomic E-state index is 12.4. The standard InChI is InChI=1S/C15H12F3N3O4S/c16-15(17,18)14-20-5-9(6-21-14)13(22)19-7-10-8-26(23,24)12-4-2-1-3-11(12)25-10/h1-6,10H,7-8H2,(H,19,22). The number of nitrogens with zero attached hydrogens (tertiary/aromatic N) is 2. The number of alkyl halides is 3. The van der Waals surface area contributed by atoms with Gasteiger partial charge in [-0.25, -0.2) is 18.4 Å². The molecular weight excluding hydrogens is 375 g/mol. The van der Waals surface area contributed by atoms with Crippen molar-refractivity contribution >= 4 is 15.7 Å². The number of amides is 1. The molecular formula is C15H12F3N3O4S. The molecule has 7 nitrogen and oxygen atoms in total. The molecule has 1 aliphatic rings. The van der Waals surface area contributed by atoms with Crippen molar-refractivity contribution in [1.82, 2.24) is 15.3 Å². The molecule has 3 rings (SSSR count). The van der Waals surface area contributed by atoms with Crippen LogP contribution in [0.25, 0.3) is 0 Å². The molecule has 1 N–H and O–H groups in total. The number of halogens is 3. The fourth-order valence-corrected chi connectivity index (χ4v) is 3.92. The third-order valence-electron chi connectivity index (χ3n) is 3.54. The Morgan fingerprint density at radius 3 is 2.54 bits per heavy atom. The van der Waals surface area contributed by atoms with Crippen LogP contribution in [0.5, 0.6) is 5.75 Å². The molecule has 1 atom stereocenters. The Kier molecular flexibility index (Phi) is 4.57. The van der Waals surface area contributed by atoms with Gasteiger partial charge in [0.2, 0.25) is 5.82 Å². The average molecular weight is 387 g/mol. The Morgan fingerprint density at radius 1 is 1.23 bits per heavy atom. The van der Waals surface area contributed by atoms with Crippen molar-refractivity contribution in [3.05, 3.63) is 48.0 Å². The summed E-state index contributed by atoms with van der Waals surface area (Å²) >= 11 is 0. The van der Waals surface area contributed by atoms with E-state index >= 15 is 0 Å². The summed E-state index contributed by atoms with van der Waals surface area (Å²) in [6.45, 7) is -0.145. The van der Waals surface area contributed by atoms with Crippen LogP contribution < -0.4 is 10.1 Å². The number of rotatable bonds is 3. The predicted octanol–water partition coefficient (Wildman–Crippen LogP) is 1.46. The maximum Gasteiger partial charge on any atom is 0.451 e. The van der Waals surface area contributed by atoms with E-state index in [9.17, 15) is 26.4 Å². The van der Waals surface area contributed by atoms with Crippen LogP contribution in [-0.4, -0.2) is 42.7 Å². The number of para-hydroxylation sites is 1. The molecule has 1 unspecified atom stereocenters. The second-order valence-electron chi connectivity index (χ2n) is 5.47. The molecule has 0 saturated carbocycles. The number of hydrogen-bond donors (Lipinski definition) is 1. The molecule has 0 fully saturated rings. The molecule has 1 amide bonds. The lowest BCUT2D eigenvalue weighted by atomic mass is 10.3. The van der Waals surface area contributed by atoms with Gasteiger partial charge in [-0.2, -0.15) is 13.2 Å². The number of fused-ring (bicyclic) bond motifs is 1. The van der Waals surface area contributed by atoms with Crippen LogP contribution in [0.1, 0.15) is 16.2 Å².